The van der Waals surface area contributed by atoms with Gasteiger partial charge in [0.1, 0.15) is 23.1 Å². The van der Waals surface area contributed by atoms with Gasteiger partial charge in [-0.2, -0.15) is 4.98 Å². The van der Waals surface area contributed by atoms with Crippen molar-refractivity contribution in [3.63, 3.8) is 0 Å². The van der Waals surface area contributed by atoms with Crippen molar-refractivity contribution in [2.24, 2.45) is 0 Å². The standard InChI is InChI=1S/C25H30FN7O2/c1-25(2,3)35-24(34)33-15-11-17(12-16-33)29-23-28-14-10-21(31-23)32(4)20-9-13-27-22(30-20)18-7-5-6-8-19(18)26/h5-10,13-14,17H,11-12,15-16H2,1-4H3,(H,28,29,31). The largest absolute Gasteiger partial charge is 0.444 e. The Bertz CT molecular complexity index is 1180. The van der Waals surface area contributed by atoms with Gasteiger partial charge in [-0.25, -0.2) is 24.1 Å². The number of nitrogens with zero attached hydrogens (tertiary/aromatic N) is 6. The van der Waals surface area contributed by atoms with Gasteiger partial charge in [0.05, 0.1) is 5.56 Å². The van der Waals surface area contributed by atoms with Crippen molar-refractivity contribution in [1.82, 2.24) is 24.8 Å². The summed E-state index contributed by atoms with van der Waals surface area (Å²) in [4.78, 5) is 33.5. The highest BCUT2D eigenvalue weighted by atomic mass is 19.1. The van der Waals surface area contributed by atoms with Gasteiger partial charge < -0.3 is 19.9 Å². The Labute approximate surface area is 204 Å². The highest BCUT2D eigenvalue weighted by Crippen LogP contribution is 2.25. The number of ether oxygens (including phenoxy) is 1. The molecule has 35 heavy (non-hydrogen) atoms. The number of halogens is 1. The zero-order chi connectivity index (χ0) is 25.0. The molecular formula is C25H30FN7O2. The van der Waals surface area contributed by atoms with Crippen LogP contribution in [-0.4, -0.2) is 62.7 Å². The van der Waals surface area contributed by atoms with E-state index in [2.05, 4.69) is 25.3 Å². The summed E-state index contributed by atoms with van der Waals surface area (Å²) in [6.07, 6.45) is 4.52. The molecule has 0 spiro atoms. The molecule has 0 unspecified atom stereocenters. The lowest BCUT2D eigenvalue weighted by Crippen LogP contribution is -2.44. The van der Waals surface area contributed by atoms with Crippen molar-refractivity contribution >= 4 is 23.7 Å². The summed E-state index contributed by atoms with van der Waals surface area (Å²) in [5.74, 6) is 1.63. The van der Waals surface area contributed by atoms with Gasteiger partial charge in [0.15, 0.2) is 5.82 Å². The molecule has 4 rings (SSSR count). The summed E-state index contributed by atoms with van der Waals surface area (Å²) in [7, 11) is 1.83. The molecule has 9 nitrogen and oxygen atoms in total. The summed E-state index contributed by atoms with van der Waals surface area (Å²) in [5, 5.41) is 3.37. The van der Waals surface area contributed by atoms with E-state index in [0.29, 0.717) is 42.1 Å². The van der Waals surface area contributed by atoms with Crippen LogP contribution in [0.25, 0.3) is 11.4 Å². The topological polar surface area (TPSA) is 96.4 Å². The molecular weight excluding hydrogens is 449 g/mol. The van der Waals surface area contributed by atoms with Crippen LogP contribution in [0.5, 0.6) is 0 Å². The van der Waals surface area contributed by atoms with E-state index in [0.717, 1.165) is 12.8 Å². The third kappa shape index (κ3) is 6.20. The second-order valence-corrected chi connectivity index (χ2v) is 9.40. The maximum Gasteiger partial charge on any atom is 0.410 e. The first-order valence-corrected chi connectivity index (χ1v) is 11.6. The predicted octanol–water partition coefficient (Wildman–Crippen LogP) is 4.65. The van der Waals surface area contributed by atoms with Gasteiger partial charge in [-0.1, -0.05) is 12.1 Å². The summed E-state index contributed by atoms with van der Waals surface area (Å²) < 4.78 is 19.7. The van der Waals surface area contributed by atoms with Crippen LogP contribution in [0.4, 0.5) is 26.8 Å². The van der Waals surface area contributed by atoms with Crippen molar-refractivity contribution in [1.29, 1.82) is 0 Å². The molecule has 1 aromatic carbocycles. The van der Waals surface area contributed by atoms with Crippen LogP contribution < -0.4 is 10.2 Å². The highest BCUT2D eigenvalue weighted by Gasteiger charge is 2.27. The molecule has 0 saturated carbocycles. The average molecular weight is 480 g/mol. The fourth-order valence-electron chi connectivity index (χ4n) is 3.75. The van der Waals surface area contributed by atoms with Crippen molar-refractivity contribution in [2.45, 2.75) is 45.3 Å². The lowest BCUT2D eigenvalue weighted by atomic mass is 10.1. The molecule has 2 aromatic heterocycles. The van der Waals surface area contributed by atoms with E-state index in [9.17, 15) is 9.18 Å². The van der Waals surface area contributed by atoms with Gasteiger partial charge >= 0.3 is 6.09 Å². The normalized spacial score (nSPS) is 14.5. The van der Waals surface area contributed by atoms with Gasteiger partial charge in [0, 0.05) is 38.6 Å². The van der Waals surface area contributed by atoms with E-state index < -0.39 is 5.60 Å². The molecule has 1 fully saturated rings. The number of amides is 1. The van der Waals surface area contributed by atoms with E-state index in [1.54, 1.807) is 52.5 Å². The number of hydrogen-bond donors (Lipinski definition) is 1. The van der Waals surface area contributed by atoms with Crippen LogP contribution in [-0.2, 0) is 4.74 Å². The molecule has 0 aliphatic carbocycles. The highest BCUT2D eigenvalue weighted by molar-refractivity contribution is 5.68. The number of hydrogen-bond acceptors (Lipinski definition) is 8. The van der Waals surface area contributed by atoms with Gasteiger partial charge in [0.2, 0.25) is 5.95 Å². The summed E-state index contributed by atoms with van der Waals surface area (Å²) in [6.45, 7) is 6.80. The first kappa shape index (κ1) is 24.3. The molecule has 1 amide bonds. The minimum absolute atomic E-state index is 0.140. The Balaban J connectivity index is 1.41. The van der Waals surface area contributed by atoms with Gasteiger partial charge in [-0.3, -0.25) is 0 Å². The van der Waals surface area contributed by atoms with E-state index in [4.69, 9.17) is 4.74 Å². The quantitative estimate of drug-likeness (QED) is 0.565. The van der Waals surface area contributed by atoms with Crippen molar-refractivity contribution in [3.05, 3.63) is 54.6 Å². The molecule has 1 aliphatic heterocycles. The smallest absolute Gasteiger partial charge is 0.410 e. The Morgan fingerprint density at radius 3 is 2.40 bits per heavy atom. The molecule has 0 atom stereocenters. The van der Waals surface area contributed by atoms with Crippen molar-refractivity contribution in [2.75, 3.05) is 30.4 Å². The molecule has 1 N–H and O–H groups in total. The minimum Gasteiger partial charge on any atom is -0.444 e. The van der Waals surface area contributed by atoms with Gasteiger partial charge in [0.25, 0.3) is 0 Å². The van der Waals surface area contributed by atoms with Crippen LogP contribution in [0.3, 0.4) is 0 Å². The molecule has 0 radical (unpaired) electrons. The van der Waals surface area contributed by atoms with Crippen LogP contribution in [0.15, 0.2) is 48.8 Å². The van der Waals surface area contributed by atoms with Crippen molar-refractivity contribution < 1.29 is 13.9 Å². The Morgan fingerprint density at radius 2 is 1.71 bits per heavy atom. The number of carbonyl (C=O) groups excluding carboxylic acids is 1. The average Bonchev–Trinajstić information content (AvgIpc) is 2.83. The Morgan fingerprint density at radius 1 is 1.06 bits per heavy atom. The molecule has 10 heteroatoms. The monoisotopic (exact) mass is 479 g/mol. The Hall–Kier alpha value is -3.82. The van der Waals surface area contributed by atoms with E-state index in [1.807, 2.05) is 27.8 Å². The molecule has 3 aromatic rings. The maximum atomic E-state index is 14.2. The number of piperidine rings is 1. The molecule has 3 heterocycles. The van der Waals surface area contributed by atoms with Crippen molar-refractivity contribution in [3.8, 4) is 11.4 Å². The summed E-state index contributed by atoms with van der Waals surface area (Å²) in [5.41, 5.74) is -0.169. The zero-order valence-electron chi connectivity index (χ0n) is 20.4. The lowest BCUT2D eigenvalue weighted by Gasteiger charge is -2.33. The van der Waals surface area contributed by atoms with Crippen LogP contribution in [0.2, 0.25) is 0 Å². The fourth-order valence-corrected chi connectivity index (χ4v) is 3.75. The zero-order valence-corrected chi connectivity index (χ0v) is 20.4. The number of rotatable bonds is 5. The van der Waals surface area contributed by atoms with Gasteiger partial charge in [-0.05, 0) is 57.9 Å². The number of anilines is 3. The predicted molar refractivity (Wildman–Crippen MR) is 132 cm³/mol. The number of carbonyl (C=O) groups is 1. The van der Waals surface area contributed by atoms with E-state index >= 15 is 0 Å². The van der Waals surface area contributed by atoms with E-state index in [-0.39, 0.29) is 18.0 Å². The second kappa shape index (κ2) is 10.2. The lowest BCUT2D eigenvalue weighted by molar-refractivity contribution is 0.0210. The summed E-state index contributed by atoms with van der Waals surface area (Å²) >= 11 is 0. The third-order valence-electron chi connectivity index (χ3n) is 5.56. The molecule has 184 valence electrons. The van der Waals surface area contributed by atoms with Gasteiger partial charge in [-0.15, -0.1) is 0 Å². The number of nitrogens with one attached hydrogen (secondary N) is 1. The van der Waals surface area contributed by atoms with Crippen LogP contribution in [0.1, 0.15) is 33.6 Å². The first-order valence-electron chi connectivity index (χ1n) is 11.6. The van der Waals surface area contributed by atoms with Crippen LogP contribution >= 0.6 is 0 Å². The number of likely N-dealkylation sites (tertiary alicyclic amines) is 1. The SMILES string of the molecule is CN(c1ccnc(NC2CCN(C(=O)OC(C)(C)C)CC2)n1)c1ccnc(-c2ccccc2F)n1. The third-order valence-corrected chi connectivity index (χ3v) is 5.56. The summed E-state index contributed by atoms with van der Waals surface area (Å²) in [6, 6.07) is 10.1. The first-order chi connectivity index (χ1) is 16.7. The number of benzene rings is 1. The second-order valence-electron chi connectivity index (χ2n) is 9.40. The Kier molecular flexibility index (Phi) is 7.09. The molecule has 1 aliphatic rings. The molecule has 0 bridgehead atoms. The number of aromatic nitrogens is 4. The minimum atomic E-state index is -0.508. The molecule has 1 saturated heterocycles. The maximum absolute atomic E-state index is 14.2. The van der Waals surface area contributed by atoms with Crippen LogP contribution in [0, 0.1) is 5.82 Å². The fraction of sp³-hybridized carbons (Fsp3) is 0.400. The van der Waals surface area contributed by atoms with E-state index in [1.165, 1.54) is 6.07 Å².